The van der Waals surface area contributed by atoms with Crippen LogP contribution in [0.4, 0.5) is 25.0 Å². The Balaban J connectivity index is 1.56. The van der Waals surface area contributed by atoms with E-state index in [1.54, 1.807) is 34.1 Å². The van der Waals surface area contributed by atoms with E-state index in [9.17, 15) is 18.4 Å². The highest BCUT2D eigenvalue weighted by Gasteiger charge is 2.29. The summed E-state index contributed by atoms with van der Waals surface area (Å²) in [5.41, 5.74) is 4.00. The number of carbonyl (C=O) groups is 2. The van der Waals surface area contributed by atoms with Crippen LogP contribution < -0.4 is 10.2 Å². The van der Waals surface area contributed by atoms with Crippen LogP contribution in [0.3, 0.4) is 0 Å². The van der Waals surface area contributed by atoms with E-state index in [0.717, 1.165) is 35.2 Å². The van der Waals surface area contributed by atoms with Gasteiger partial charge in [0, 0.05) is 25.7 Å². The lowest BCUT2D eigenvalue weighted by Gasteiger charge is -2.36. The van der Waals surface area contributed by atoms with Crippen molar-refractivity contribution >= 4 is 23.3 Å². The fourth-order valence-corrected chi connectivity index (χ4v) is 4.21. The first kappa shape index (κ1) is 22.5. The number of rotatable bonds is 5. The molecule has 3 amide bonds. The van der Waals surface area contributed by atoms with E-state index < -0.39 is 17.5 Å². The molecule has 1 heterocycles. The second-order valence-electron chi connectivity index (χ2n) is 8.30. The van der Waals surface area contributed by atoms with E-state index in [2.05, 4.69) is 23.5 Å². The van der Waals surface area contributed by atoms with Crippen molar-refractivity contribution < 1.29 is 18.4 Å². The standard InChI is InChI=1S/C26H25F2N3O2/c1-17-12-18(2)14-19(13-17)16-30-10-5-11-31(26(30)33)24-7-4-3-6-23(24)29-25(32)21-9-8-20(27)15-22(21)28/h3-4,6-9,12-15H,5,10-11,16H2,1-2H3,(H,29,32). The average Bonchev–Trinajstić information content (AvgIpc) is 2.75. The Kier molecular flexibility index (Phi) is 6.40. The van der Waals surface area contributed by atoms with Crippen LogP contribution in [-0.4, -0.2) is 29.9 Å². The highest BCUT2D eigenvalue weighted by atomic mass is 19.1. The van der Waals surface area contributed by atoms with Gasteiger partial charge < -0.3 is 10.2 Å². The van der Waals surface area contributed by atoms with E-state index in [-0.39, 0.29) is 11.6 Å². The third-order valence-electron chi connectivity index (χ3n) is 5.58. The van der Waals surface area contributed by atoms with E-state index in [1.807, 2.05) is 13.8 Å². The van der Waals surface area contributed by atoms with Crippen LogP contribution in [0.2, 0.25) is 0 Å². The molecule has 7 heteroatoms. The van der Waals surface area contributed by atoms with Crippen molar-refractivity contribution in [2.24, 2.45) is 0 Å². The third kappa shape index (κ3) is 5.03. The lowest BCUT2D eigenvalue weighted by molar-refractivity contribution is 0.102. The largest absolute Gasteiger partial charge is 0.324 e. The van der Waals surface area contributed by atoms with Crippen molar-refractivity contribution in [2.75, 3.05) is 23.3 Å². The highest BCUT2D eigenvalue weighted by molar-refractivity contribution is 6.07. The first-order chi connectivity index (χ1) is 15.8. The number of hydrogen-bond acceptors (Lipinski definition) is 2. The number of hydrogen-bond donors (Lipinski definition) is 1. The lowest BCUT2D eigenvalue weighted by atomic mass is 10.1. The van der Waals surface area contributed by atoms with Gasteiger partial charge in [-0.1, -0.05) is 41.5 Å². The minimum absolute atomic E-state index is 0.157. The summed E-state index contributed by atoms with van der Waals surface area (Å²) in [7, 11) is 0. The number of anilines is 2. The van der Waals surface area contributed by atoms with Crippen molar-refractivity contribution in [1.82, 2.24) is 4.90 Å². The summed E-state index contributed by atoms with van der Waals surface area (Å²) in [6, 6.07) is 15.8. The Labute approximate surface area is 191 Å². The molecule has 4 rings (SSSR count). The van der Waals surface area contributed by atoms with Gasteiger partial charge in [-0.25, -0.2) is 13.6 Å². The second-order valence-corrected chi connectivity index (χ2v) is 8.30. The summed E-state index contributed by atoms with van der Waals surface area (Å²) in [5, 5.41) is 2.67. The summed E-state index contributed by atoms with van der Waals surface area (Å²) < 4.78 is 27.3. The summed E-state index contributed by atoms with van der Waals surface area (Å²) in [6.45, 7) is 5.69. The van der Waals surface area contributed by atoms with Crippen molar-refractivity contribution in [2.45, 2.75) is 26.8 Å². The molecule has 1 aliphatic heterocycles. The maximum atomic E-state index is 14.1. The maximum absolute atomic E-state index is 14.1. The fourth-order valence-electron chi connectivity index (χ4n) is 4.21. The molecule has 1 fully saturated rings. The van der Waals surface area contributed by atoms with Crippen molar-refractivity contribution in [3.63, 3.8) is 0 Å². The van der Waals surface area contributed by atoms with Crippen molar-refractivity contribution in [3.05, 3.63) is 94.6 Å². The van der Waals surface area contributed by atoms with Gasteiger partial charge in [0.15, 0.2) is 0 Å². The van der Waals surface area contributed by atoms with Crippen LogP contribution in [0.5, 0.6) is 0 Å². The Bertz CT molecular complexity index is 1190. The number of carbonyl (C=O) groups excluding carboxylic acids is 2. The molecule has 0 aromatic heterocycles. The van der Waals surface area contributed by atoms with Gasteiger partial charge in [-0.3, -0.25) is 9.69 Å². The first-order valence-corrected chi connectivity index (χ1v) is 10.8. The Hall–Kier alpha value is -3.74. The number of amides is 3. The minimum Gasteiger partial charge on any atom is -0.320 e. The Morgan fingerprint density at radius 2 is 1.70 bits per heavy atom. The molecule has 170 valence electrons. The predicted molar refractivity (Wildman–Crippen MR) is 124 cm³/mol. The molecule has 33 heavy (non-hydrogen) atoms. The third-order valence-corrected chi connectivity index (χ3v) is 5.58. The predicted octanol–water partition coefficient (Wildman–Crippen LogP) is 5.67. The SMILES string of the molecule is Cc1cc(C)cc(CN2CCCN(c3ccccc3NC(=O)c3ccc(F)cc3F)C2=O)c1. The Morgan fingerprint density at radius 3 is 2.42 bits per heavy atom. The summed E-state index contributed by atoms with van der Waals surface area (Å²) in [6.07, 6.45) is 0.769. The van der Waals surface area contributed by atoms with Gasteiger partial charge in [0.1, 0.15) is 11.6 Å². The molecule has 5 nitrogen and oxygen atoms in total. The number of nitrogens with one attached hydrogen (secondary N) is 1. The molecule has 3 aromatic carbocycles. The topological polar surface area (TPSA) is 52.6 Å². The van der Waals surface area contributed by atoms with Crippen molar-refractivity contribution in [1.29, 1.82) is 0 Å². The normalized spacial score (nSPS) is 13.9. The van der Waals surface area contributed by atoms with Gasteiger partial charge in [-0.05, 0) is 50.1 Å². The smallest absolute Gasteiger partial charge is 0.320 e. The molecule has 0 bridgehead atoms. The van der Waals surface area contributed by atoms with Gasteiger partial charge in [0.25, 0.3) is 5.91 Å². The van der Waals surface area contributed by atoms with Gasteiger partial charge in [0.2, 0.25) is 0 Å². The number of benzene rings is 3. The molecule has 0 aliphatic carbocycles. The molecule has 1 saturated heterocycles. The van der Waals surface area contributed by atoms with Gasteiger partial charge >= 0.3 is 6.03 Å². The zero-order valence-electron chi connectivity index (χ0n) is 18.6. The van der Waals surface area contributed by atoms with E-state index in [4.69, 9.17) is 0 Å². The minimum atomic E-state index is -0.946. The fraction of sp³-hybridized carbons (Fsp3) is 0.231. The van der Waals surface area contributed by atoms with Crippen LogP contribution in [-0.2, 0) is 6.54 Å². The highest BCUT2D eigenvalue weighted by Crippen LogP contribution is 2.30. The molecule has 0 atom stereocenters. The summed E-state index contributed by atoms with van der Waals surface area (Å²) in [5.74, 6) is -2.41. The molecule has 1 aliphatic rings. The van der Waals surface area contributed by atoms with Crippen LogP contribution in [0, 0.1) is 25.5 Å². The molecular weight excluding hydrogens is 424 g/mol. The Morgan fingerprint density at radius 1 is 0.970 bits per heavy atom. The number of halogens is 2. The van der Waals surface area contributed by atoms with Gasteiger partial charge in [-0.2, -0.15) is 0 Å². The summed E-state index contributed by atoms with van der Waals surface area (Å²) >= 11 is 0. The zero-order valence-corrected chi connectivity index (χ0v) is 18.6. The molecule has 0 spiro atoms. The number of urea groups is 1. The van der Waals surface area contributed by atoms with Crippen LogP contribution in [0.25, 0.3) is 0 Å². The quantitative estimate of drug-likeness (QED) is 0.546. The molecule has 0 radical (unpaired) electrons. The molecule has 3 aromatic rings. The first-order valence-electron chi connectivity index (χ1n) is 10.8. The monoisotopic (exact) mass is 449 g/mol. The van der Waals surface area contributed by atoms with E-state index in [0.29, 0.717) is 37.1 Å². The van der Waals surface area contributed by atoms with Crippen LogP contribution in [0.1, 0.15) is 33.5 Å². The lowest BCUT2D eigenvalue weighted by Crippen LogP contribution is -2.49. The van der Waals surface area contributed by atoms with Crippen molar-refractivity contribution in [3.8, 4) is 0 Å². The van der Waals surface area contributed by atoms with Gasteiger partial charge in [-0.15, -0.1) is 0 Å². The summed E-state index contributed by atoms with van der Waals surface area (Å²) in [4.78, 5) is 29.4. The molecule has 0 saturated carbocycles. The molecule has 1 N–H and O–H groups in total. The second kappa shape index (κ2) is 9.40. The number of para-hydroxylation sites is 2. The zero-order chi connectivity index (χ0) is 23.5. The van der Waals surface area contributed by atoms with E-state index in [1.165, 1.54) is 0 Å². The molecular formula is C26H25F2N3O2. The average molecular weight is 450 g/mol. The molecule has 0 unspecified atom stereocenters. The van der Waals surface area contributed by atoms with Crippen LogP contribution >= 0.6 is 0 Å². The maximum Gasteiger partial charge on any atom is 0.324 e. The van der Waals surface area contributed by atoms with Crippen LogP contribution in [0.15, 0.2) is 60.7 Å². The number of aryl methyl sites for hydroxylation is 2. The van der Waals surface area contributed by atoms with Gasteiger partial charge in [0.05, 0.1) is 16.9 Å². The van der Waals surface area contributed by atoms with E-state index >= 15 is 0 Å². The number of nitrogens with zero attached hydrogens (tertiary/aromatic N) is 2.